The van der Waals surface area contributed by atoms with Crippen molar-refractivity contribution in [3.8, 4) is 0 Å². The highest BCUT2D eigenvalue weighted by Gasteiger charge is 2.40. The molecule has 2 aromatic rings. The summed E-state index contributed by atoms with van der Waals surface area (Å²) in [5.74, 6) is -0.118. The Morgan fingerprint density at radius 3 is 2.24 bits per heavy atom. The highest BCUT2D eigenvalue weighted by Crippen LogP contribution is 2.42. The molecule has 0 saturated heterocycles. The molecule has 2 N–H and O–H groups in total. The Hall–Kier alpha value is -2.04. The van der Waals surface area contributed by atoms with Crippen LogP contribution < -0.4 is 10.6 Å². The fourth-order valence-electron chi connectivity index (χ4n) is 4.77. The van der Waals surface area contributed by atoms with E-state index in [1.54, 1.807) is 18.2 Å². The number of nitrogens with one attached hydrogen (secondary N) is 2. The lowest BCUT2D eigenvalue weighted by atomic mass is 9.79. The fraction of sp³-hybridized carbons (Fsp3) is 0.481. The molecule has 0 spiro atoms. The Balaban J connectivity index is 1.56. The molecule has 0 radical (unpaired) electrons. The second kappa shape index (κ2) is 11.9. The second-order valence-corrected chi connectivity index (χ2v) is 10.1. The van der Waals surface area contributed by atoms with Crippen molar-refractivity contribution in [2.24, 2.45) is 5.41 Å². The van der Waals surface area contributed by atoms with Gasteiger partial charge in [0.2, 0.25) is 5.91 Å². The second-order valence-electron chi connectivity index (χ2n) is 9.27. The number of benzene rings is 2. The third-order valence-electron chi connectivity index (χ3n) is 6.62. The average Bonchev–Trinajstić information content (AvgIpc) is 3.25. The van der Waals surface area contributed by atoms with E-state index in [1.807, 2.05) is 24.3 Å². The van der Waals surface area contributed by atoms with Gasteiger partial charge in [-0.1, -0.05) is 80.4 Å². The highest BCUT2D eigenvalue weighted by molar-refractivity contribution is 6.40. The van der Waals surface area contributed by atoms with Gasteiger partial charge in [-0.05, 0) is 62.4 Å². The molecule has 1 aliphatic rings. The number of halogens is 2. The maximum absolute atomic E-state index is 13.1. The van der Waals surface area contributed by atoms with E-state index in [2.05, 4.69) is 24.5 Å². The number of rotatable bonds is 10. The molecular weight excluding hydrogens is 455 g/mol. The van der Waals surface area contributed by atoms with Crippen LogP contribution in [-0.4, -0.2) is 17.9 Å². The molecule has 0 heterocycles. The number of hydrogen-bond acceptors (Lipinski definition) is 2. The Morgan fingerprint density at radius 1 is 1.00 bits per heavy atom. The van der Waals surface area contributed by atoms with Crippen molar-refractivity contribution >= 4 is 40.7 Å². The molecule has 0 aliphatic heterocycles. The lowest BCUT2D eigenvalue weighted by Crippen LogP contribution is -2.44. The van der Waals surface area contributed by atoms with Gasteiger partial charge in [-0.3, -0.25) is 9.59 Å². The summed E-state index contributed by atoms with van der Waals surface area (Å²) in [4.78, 5) is 25.7. The molecule has 0 bridgehead atoms. The summed E-state index contributed by atoms with van der Waals surface area (Å²) in [6.45, 7) is 4.26. The smallest absolute Gasteiger partial charge is 0.258 e. The predicted octanol–water partition coefficient (Wildman–Crippen LogP) is 7.43. The van der Waals surface area contributed by atoms with Crippen LogP contribution in [0.25, 0.3) is 0 Å². The molecule has 1 unspecified atom stereocenters. The number of hydrogen-bond donors (Lipinski definition) is 2. The third-order valence-corrected chi connectivity index (χ3v) is 7.25. The van der Waals surface area contributed by atoms with Crippen LogP contribution in [0.15, 0.2) is 42.5 Å². The Bertz CT molecular complexity index is 933. The van der Waals surface area contributed by atoms with E-state index >= 15 is 0 Å². The van der Waals surface area contributed by atoms with Gasteiger partial charge in [-0.2, -0.15) is 0 Å². The van der Waals surface area contributed by atoms with Gasteiger partial charge in [0.25, 0.3) is 5.91 Å². The zero-order chi connectivity index (χ0) is 23.8. The first-order valence-corrected chi connectivity index (χ1v) is 12.8. The predicted molar refractivity (Wildman–Crippen MR) is 137 cm³/mol. The molecule has 1 atom stereocenters. The normalized spacial score (nSPS) is 15.8. The first kappa shape index (κ1) is 25.6. The fourth-order valence-corrected chi connectivity index (χ4v) is 5.34. The standard InChI is InChI=1S/C27H34Cl2N2O2/c1-3-4-5-15-27(16-6-7-17-27)26(33)30-19(2)18-20-11-13-21(14-12-20)31-25(32)24-22(28)9-8-10-23(24)29/h8-14,19H,3-7,15-18H2,1-2H3,(H,30,33)(H,31,32). The number of amides is 2. The monoisotopic (exact) mass is 488 g/mol. The lowest BCUT2D eigenvalue weighted by molar-refractivity contribution is -0.132. The SMILES string of the molecule is CCCCCC1(C(=O)NC(C)Cc2ccc(NC(=O)c3c(Cl)cccc3Cl)cc2)CCCC1. The van der Waals surface area contributed by atoms with Gasteiger partial charge in [-0.15, -0.1) is 0 Å². The molecule has 2 aromatic carbocycles. The largest absolute Gasteiger partial charge is 0.353 e. The van der Waals surface area contributed by atoms with E-state index in [0.717, 1.165) is 50.5 Å². The van der Waals surface area contributed by atoms with Crippen molar-refractivity contribution < 1.29 is 9.59 Å². The van der Waals surface area contributed by atoms with Gasteiger partial charge < -0.3 is 10.6 Å². The van der Waals surface area contributed by atoms with E-state index in [-0.39, 0.29) is 28.8 Å². The zero-order valence-electron chi connectivity index (χ0n) is 19.6. The van der Waals surface area contributed by atoms with Gasteiger partial charge in [0.15, 0.2) is 0 Å². The molecular formula is C27H34Cl2N2O2. The Morgan fingerprint density at radius 2 is 1.64 bits per heavy atom. The van der Waals surface area contributed by atoms with Crippen LogP contribution in [0.4, 0.5) is 5.69 Å². The Labute approximate surface area is 207 Å². The van der Waals surface area contributed by atoms with Crippen molar-refractivity contribution in [1.29, 1.82) is 0 Å². The summed E-state index contributed by atoms with van der Waals surface area (Å²) in [5.41, 5.74) is 1.86. The summed E-state index contributed by atoms with van der Waals surface area (Å²) in [6, 6.07) is 12.7. The summed E-state index contributed by atoms with van der Waals surface area (Å²) >= 11 is 12.3. The molecule has 0 aromatic heterocycles. The summed E-state index contributed by atoms with van der Waals surface area (Å²) < 4.78 is 0. The topological polar surface area (TPSA) is 58.2 Å². The molecule has 178 valence electrons. The van der Waals surface area contributed by atoms with Crippen LogP contribution in [0.2, 0.25) is 10.0 Å². The quantitative estimate of drug-likeness (QED) is 0.341. The van der Waals surface area contributed by atoms with Crippen LogP contribution in [0.1, 0.15) is 81.1 Å². The summed E-state index contributed by atoms with van der Waals surface area (Å²) in [7, 11) is 0. The van der Waals surface area contributed by atoms with E-state index in [9.17, 15) is 9.59 Å². The molecule has 1 aliphatic carbocycles. The minimum atomic E-state index is -0.344. The van der Waals surface area contributed by atoms with Gasteiger partial charge in [0.05, 0.1) is 15.6 Å². The first-order chi connectivity index (χ1) is 15.8. The van der Waals surface area contributed by atoms with Crippen molar-refractivity contribution in [1.82, 2.24) is 5.32 Å². The molecule has 4 nitrogen and oxygen atoms in total. The number of carbonyl (C=O) groups is 2. The number of unbranched alkanes of at least 4 members (excludes halogenated alkanes) is 2. The van der Waals surface area contributed by atoms with Crippen LogP contribution in [-0.2, 0) is 11.2 Å². The molecule has 33 heavy (non-hydrogen) atoms. The van der Waals surface area contributed by atoms with Gasteiger partial charge in [0.1, 0.15) is 0 Å². The Kier molecular flexibility index (Phi) is 9.22. The van der Waals surface area contributed by atoms with Crippen molar-refractivity contribution in [2.75, 3.05) is 5.32 Å². The van der Waals surface area contributed by atoms with Crippen LogP contribution >= 0.6 is 23.2 Å². The minimum absolute atomic E-state index is 0.0449. The number of carbonyl (C=O) groups excluding carboxylic acids is 2. The molecule has 3 rings (SSSR count). The maximum atomic E-state index is 13.1. The average molecular weight is 489 g/mol. The van der Waals surface area contributed by atoms with Crippen LogP contribution in [0.3, 0.4) is 0 Å². The lowest BCUT2D eigenvalue weighted by Gasteiger charge is -2.29. The van der Waals surface area contributed by atoms with Crippen molar-refractivity contribution in [3.05, 3.63) is 63.6 Å². The van der Waals surface area contributed by atoms with Gasteiger partial charge in [-0.25, -0.2) is 0 Å². The third kappa shape index (κ3) is 6.74. The van der Waals surface area contributed by atoms with Crippen LogP contribution in [0.5, 0.6) is 0 Å². The molecule has 6 heteroatoms. The highest BCUT2D eigenvalue weighted by atomic mass is 35.5. The first-order valence-electron chi connectivity index (χ1n) is 12.0. The van der Waals surface area contributed by atoms with E-state index in [1.165, 1.54) is 12.8 Å². The summed E-state index contributed by atoms with van der Waals surface area (Å²) in [6.07, 6.45) is 9.57. The van der Waals surface area contributed by atoms with Gasteiger partial charge in [0, 0.05) is 17.1 Å². The number of anilines is 1. The zero-order valence-corrected chi connectivity index (χ0v) is 21.1. The van der Waals surface area contributed by atoms with E-state index in [0.29, 0.717) is 15.7 Å². The molecule has 1 fully saturated rings. The maximum Gasteiger partial charge on any atom is 0.258 e. The van der Waals surface area contributed by atoms with Crippen LogP contribution in [0, 0.1) is 5.41 Å². The van der Waals surface area contributed by atoms with Crippen molar-refractivity contribution in [3.63, 3.8) is 0 Å². The molecule has 1 saturated carbocycles. The van der Waals surface area contributed by atoms with E-state index in [4.69, 9.17) is 23.2 Å². The van der Waals surface area contributed by atoms with E-state index < -0.39 is 0 Å². The van der Waals surface area contributed by atoms with Gasteiger partial charge >= 0.3 is 0 Å². The molecule has 2 amide bonds. The minimum Gasteiger partial charge on any atom is -0.353 e. The van der Waals surface area contributed by atoms with Crippen molar-refractivity contribution in [2.45, 2.75) is 77.7 Å². The summed E-state index contributed by atoms with van der Waals surface area (Å²) in [5, 5.41) is 6.75.